The molecule has 1 aromatic carbocycles. The van der Waals surface area contributed by atoms with Gasteiger partial charge in [-0.1, -0.05) is 18.3 Å². The van der Waals surface area contributed by atoms with Gasteiger partial charge in [0.1, 0.15) is 0 Å². The number of rotatable bonds is 5. The van der Waals surface area contributed by atoms with Crippen LogP contribution in [0.25, 0.3) is 10.2 Å². The largest absolute Gasteiger partial charge is 0.399 e. The Bertz CT molecular complexity index is 494. The van der Waals surface area contributed by atoms with Crippen LogP contribution < -0.4 is 11.1 Å². The number of thiazole rings is 1. The maximum absolute atomic E-state index is 5.74. The van der Waals surface area contributed by atoms with Crippen LogP contribution in [0.15, 0.2) is 18.2 Å². The van der Waals surface area contributed by atoms with Crippen molar-refractivity contribution < 1.29 is 0 Å². The van der Waals surface area contributed by atoms with Gasteiger partial charge >= 0.3 is 0 Å². The third-order valence-electron chi connectivity index (χ3n) is 2.72. The van der Waals surface area contributed by atoms with E-state index in [1.807, 2.05) is 18.2 Å². The van der Waals surface area contributed by atoms with Gasteiger partial charge < -0.3 is 16.0 Å². The van der Waals surface area contributed by atoms with Crippen molar-refractivity contribution in [2.45, 2.75) is 6.92 Å². The molecule has 3 N–H and O–H groups in total. The van der Waals surface area contributed by atoms with Gasteiger partial charge in [0.05, 0.1) is 10.2 Å². The number of hydrogen-bond donors (Lipinski definition) is 2. The molecular weight excluding hydrogens is 232 g/mol. The molecule has 0 aliphatic rings. The van der Waals surface area contributed by atoms with Gasteiger partial charge in [-0.3, -0.25) is 0 Å². The molecular formula is C12H18N4S. The monoisotopic (exact) mass is 250 g/mol. The fraction of sp³-hybridized carbons (Fsp3) is 0.417. The number of hydrogen-bond acceptors (Lipinski definition) is 5. The Kier molecular flexibility index (Phi) is 3.81. The van der Waals surface area contributed by atoms with Crippen molar-refractivity contribution in [1.29, 1.82) is 0 Å². The zero-order valence-corrected chi connectivity index (χ0v) is 11.0. The number of benzene rings is 1. The molecule has 0 fully saturated rings. The highest BCUT2D eigenvalue weighted by molar-refractivity contribution is 7.22. The van der Waals surface area contributed by atoms with Gasteiger partial charge in [-0.05, 0) is 31.8 Å². The standard InChI is InChI=1S/C12H18N4S/c1-3-16(2)7-6-14-12-15-10-5-4-9(13)8-11(10)17-12/h4-5,8H,3,6-7,13H2,1-2H3,(H,14,15). The molecule has 0 aliphatic carbocycles. The maximum Gasteiger partial charge on any atom is 0.183 e. The van der Waals surface area contributed by atoms with E-state index in [9.17, 15) is 0 Å². The van der Waals surface area contributed by atoms with Gasteiger partial charge in [0.15, 0.2) is 5.13 Å². The van der Waals surface area contributed by atoms with Gasteiger partial charge in [0.25, 0.3) is 0 Å². The van der Waals surface area contributed by atoms with Crippen LogP contribution in [-0.2, 0) is 0 Å². The van der Waals surface area contributed by atoms with Crippen molar-refractivity contribution >= 4 is 32.4 Å². The molecule has 0 saturated heterocycles. The summed E-state index contributed by atoms with van der Waals surface area (Å²) in [6.07, 6.45) is 0. The molecule has 0 saturated carbocycles. The van der Waals surface area contributed by atoms with Gasteiger partial charge in [-0.2, -0.15) is 0 Å². The Balaban J connectivity index is 1.99. The zero-order chi connectivity index (χ0) is 12.3. The Labute approximate surface area is 105 Å². The van der Waals surface area contributed by atoms with E-state index in [2.05, 4.69) is 29.2 Å². The summed E-state index contributed by atoms with van der Waals surface area (Å²) in [5.74, 6) is 0. The number of anilines is 2. The predicted octanol–water partition coefficient (Wildman–Crippen LogP) is 2.24. The lowest BCUT2D eigenvalue weighted by molar-refractivity contribution is 0.367. The van der Waals surface area contributed by atoms with Crippen molar-refractivity contribution in [3.8, 4) is 0 Å². The third-order valence-corrected chi connectivity index (χ3v) is 3.70. The molecule has 0 radical (unpaired) electrons. The summed E-state index contributed by atoms with van der Waals surface area (Å²) < 4.78 is 1.14. The number of likely N-dealkylation sites (N-methyl/N-ethyl adjacent to an activating group) is 1. The lowest BCUT2D eigenvalue weighted by Crippen LogP contribution is -2.24. The first-order chi connectivity index (χ1) is 8.19. The SMILES string of the molecule is CCN(C)CCNc1nc2ccc(N)cc2s1. The lowest BCUT2D eigenvalue weighted by Gasteiger charge is -2.13. The highest BCUT2D eigenvalue weighted by Crippen LogP contribution is 2.27. The first-order valence-corrected chi connectivity index (χ1v) is 6.59. The van der Waals surface area contributed by atoms with Crippen LogP contribution in [0.5, 0.6) is 0 Å². The second-order valence-electron chi connectivity index (χ2n) is 4.07. The smallest absolute Gasteiger partial charge is 0.183 e. The molecule has 2 rings (SSSR count). The molecule has 17 heavy (non-hydrogen) atoms. The second-order valence-corrected chi connectivity index (χ2v) is 5.10. The number of fused-ring (bicyclic) bond motifs is 1. The molecule has 0 bridgehead atoms. The van der Waals surface area contributed by atoms with Crippen LogP contribution in [0.1, 0.15) is 6.92 Å². The second kappa shape index (κ2) is 5.33. The molecule has 0 atom stereocenters. The lowest BCUT2D eigenvalue weighted by atomic mass is 10.3. The molecule has 92 valence electrons. The van der Waals surface area contributed by atoms with Crippen LogP contribution in [0, 0.1) is 0 Å². The summed E-state index contributed by atoms with van der Waals surface area (Å²) in [6, 6.07) is 5.82. The minimum atomic E-state index is 0.790. The van der Waals surface area contributed by atoms with Gasteiger partial charge in [-0.15, -0.1) is 0 Å². The molecule has 0 spiro atoms. The topological polar surface area (TPSA) is 54.2 Å². The molecule has 5 heteroatoms. The van der Waals surface area contributed by atoms with Crippen molar-refractivity contribution in [1.82, 2.24) is 9.88 Å². The van der Waals surface area contributed by atoms with Crippen molar-refractivity contribution in [3.05, 3.63) is 18.2 Å². The van der Waals surface area contributed by atoms with Crippen LogP contribution in [0.3, 0.4) is 0 Å². The van der Waals surface area contributed by atoms with E-state index in [1.54, 1.807) is 11.3 Å². The minimum absolute atomic E-state index is 0.790. The van der Waals surface area contributed by atoms with Gasteiger partial charge in [0.2, 0.25) is 0 Å². The normalized spacial score (nSPS) is 11.2. The number of nitrogens with zero attached hydrogens (tertiary/aromatic N) is 2. The van der Waals surface area contributed by atoms with E-state index in [0.29, 0.717) is 0 Å². The summed E-state index contributed by atoms with van der Waals surface area (Å²) in [7, 11) is 2.11. The summed E-state index contributed by atoms with van der Waals surface area (Å²) in [4.78, 5) is 6.77. The van der Waals surface area contributed by atoms with Crippen molar-refractivity contribution in [2.75, 3.05) is 37.7 Å². The first kappa shape index (κ1) is 12.1. The summed E-state index contributed by atoms with van der Waals surface area (Å²) >= 11 is 1.65. The average molecular weight is 250 g/mol. The number of aromatic nitrogens is 1. The molecule has 4 nitrogen and oxygen atoms in total. The molecule has 1 heterocycles. The van der Waals surface area contributed by atoms with Gasteiger partial charge in [-0.25, -0.2) is 4.98 Å². The van der Waals surface area contributed by atoms with E-state index in [0.717, 1.165) is 40.7 Å². The van der Waals surface area contributed by atoms with Crippen LogP contribution in [0.4, 0.5) is 10.8 Å². The molecule has 0 aliphatic heterocycles. The zero-order valence-electron chi connectivity index (χ0n) is 10.2. The summed E-state index contributed by atoms with van der Waals surface area (Å²) in [5.41, 5.74) is 7.54. The summed E-state index contributed by atoms with van der Waals surface area (Å²) in [5, 5.41) is 4.31. The van der Waals surface area contributed by atoms with E-state index in [-0.39, 0.29) is 0 Å². The Hall–Kier alpha value is -1.33. The van der Waals surface area contributed by atoms with Crippen LogP contribution >= 0.6 is 11.3 Å². The summed E-state index contributed by atoms with van der Waals surface area (Å²) in [6.45, 7) is 5.16. The van der Waals surface area contributed by atoms with Crippen molar-refractivity contribution in [3.63, 3.8) is 0 Å². The van der Waals surface area contributed by atoms with E-state index < -0.39 is 0 Å². The fourth-order valence-corrected chi connectivity index (χ4v) is 2.47. The Morgan fingerprint density at radius 1 is 1.47 bits per heavy atom. The predicted molar refractivity (Wildman–Crippen MR) is 75.7 cm³/mol. The maximum atomic E-state index is 5.74. The van der Waals surface area contributed by atoms with Crippen LogP contribution in [-0.4, -0.2) is 36.6 Å². The Morgan fingerprint density at radius 2 is 2.29 bits per heavy atom. The minimum Gasteiger partial charge on any atom is -0.399 e. The molecule has 2 aromatic rings. The third kappa shape index (κ3) is 3.08. The Morgan fingerprint density at radius 3 is 3.06 bits per heavy atom. The van der Waals surface area contributed by atoms with Gasteiger partial charge in [0, 0.05) is 18.8 Å². The highest BCUT2D eigenvalue weighted by Gasteiger charge is 2.03. The number of nitrogens with two attached hydrogens (primary N) is 1. The van der Waals surface area contributed by atoms with Crippen molar-refractivity contribution in [2.24, 2.45) is 0 Å². The fourth-order valence-electron chi connectivity index (χ4n) is 1.53. The van der Waals surface area contributed by atoms with E-state index >= 15 is 0 Å². The quantitative estimate of drug-likeness (QED) is 0.799. The number of nitrogens with one attached hydrogen (secondary N) is 1. The van der Waals surface area contributed by atoms with E-state index in [4.69, 9.17) is 5.73 Å². The molecule has 0 amide bonds. The first-order valence-electron chi connectivity index (χ1n) is 5.77. The average Bonchev–Trinajstić information content (AvgIpc) is 2.70. The molecule has 1 aromatic heterocycles. The highest BCUT2D eigenvalue weighted by atomic mass is 32.1. The number of nitrogen functional groups attached to an aromatic ring is 1. The molecule has 0 unspecified atom stereocenters. The van der Waals surface area contributed by atoms with Crippen LogP contribution in [0.2, 0.25) is 0 Å². The van der Waals surface area contributed by atoms with E-state index in [1.165, 1.54) is 0 Å².